The number of fused-ring (bicyclic) bond motifs is 1. The van der Waals surface area contributed by atoms with Crippen LogP contribution in [0, 0.1) is 6.92 Å². The maximum Gasteiger partial charge on any atom is 0.253 e. The molecule has 0 aliphatic heterocycles. The predicted octanol–water partition coefficient (Wildman–Crippen LogP) is 5.86. The SMILES string of the molecule is CCc1ccc(NC(=S)N(Cc2cccs2)Cc2cc3cc(C)ccc3[nH]c2=O)cc1. The molecular formula is C25H25N3OS2. The number of pyridine rings is 1. The molecule has 4 rings (SSSR count). The monoisotopic (exact) mass is 447 g/mol. The van der Waals surface area contributed by atoms with Crippen LogP contribution in [0.5, 0.6) is 0 Å². The number of thiocarbonyl (C=S) groups is 1. The van der Waals surface area contributed by atoms with E-state index in [4.69, 9.17) is 12.2 Å². The molecule has 4 aromatic rings. The molecule has 0 amide bonds. The normalized spacial score (nSPS) is 10.9. The maximum absolute atomic E-state index is 12.8. The van der Waals surface area contributed by atoms with Gasteiger partial charge >= 0.3 is 0 Å². The molecule has 0 spiro atoms. The van der Waals surface area contributed by atoms with Crippen molar-refractivity contribution in [2.45, 2.75) is 33.4 Å². The van der Waals surface area contributed by atoms with Gasteiger partial charge in [0, 0.05) is 21.6 Å². The summed E-state index contributed by atoms with van der Waals surface area (Å²) < 4.78 is 0. The minimum absolute atomic E-state index is 0.0809. The average molecular weight is 448 g/mol. The van der Waals surface area contributed by atoms with Crippen LogP contribution in [0.1, 0.15) is 28.5 Å². The number of rotatable bonds is 6. The maximum atomic E-state index is 12.8. The van der Waals surface area contributed by atoms with Crippen molar-refractivity contribution in [2.24, 2.45) is 0 Å². The number of hydrogen-bond acceptors (Lipinski definition) is 3. The van der Waals surface area contributed by atoms with Gasteiger partial charge in [-0.25, -0.2) is 0 Å². The second kappa shape index (κ2) is 9.45. The molecule has 0 unspecified atom stereocenters. The molecule has 2 N–H and O–H groups in total. The number of anilines is 1. The third-order valence-electron chi connectivity index (χ3n) is 5.27. The third kappa shape index (κ3) is 5.21. The molecule has 31 heavy (non-hydrogen) atoms. The second-order valence-corrected chi connectivity index (χ2v) is 9.05. The Labute approximate surface area is 191 Å². The minimum atomic E-state index is -0.0809. The van der Waals surface area contributed by atoms with Crippen LogP contribution in [0.2, 0.25) is 0 Å². The zero-order valence-electron chi connectivity index (χ0n) is 17.6. The number of H-pyrrole nitrogens is 1. The van der Waals surface area contributed by atoms with E-state index < -0.39 is 0 Å². The molecule has 2 heterocycles. The Balaban J connectivity index is 1.61. The molecule has 0 fully saturated rings. The third-order valence-corrected chi connectivity index (χ3v) is 6.49. The average Bonchev–Trinajstić information content (AvgIpc) is 3.27. The Morgan fingerprint density at radius 3 is 2.61 bits per heavy atom. The fourth-order valence-electron chi connectivity index (χ4n) is 3.51. The molecule has 0 radical (unpaired) electrons. The fraction of sp³-hybridized carbons (Fsp3) is 0.200. The lowest BCUT2D eigenvalue weighted by Gasteiger charge is -2.25. The van der Waals surface area contributed by atoms with E-state index in [9.17, 15) is 4.79 Å². The molecular weight excluding hydrogens is 422 g/mol. The van der Waals surface area contributed by atoms with Crippen LogP contribution in [0.25, 0.3) is 10.9 Å². The number of aromatic amines is 1. The van der Waals surface area contributed by atoms with Crippen molar-refractivity contribution in [3.8, 4) is 0 Å². The quantitative estimate of drug-likeness (QED) is 0.364. The first-order valence-electron chi connectivity index (χ1n) is 10.3. The summed E-state index contributed by atoms with van der Waals surface area (Å²) in [5.41, 5.74) is 4.85. The van der Waals surface area contributed by atoms with Crippen molar-refractivity contribution >= 4 is 45.3 Å². The van der Waals surface area contributed by atoms with Gasteiger partial charge < -0.3 is 15.2 Å². The van der Waals surface area contributed by atoms with Gasteiger partial charge in [0.1, 0.15) is 0 Å². The van der Waals surface area contributed by atoms with Gasteiger partial charge in [-0.05, 0) is 78.3 Å². The summed E-state index contributed by atoms with van der Waals surface area (Å²) in [5, 5.41) is 7.02. The van der Waals surface area contributed by atoms with Gasteiger partial charge in [0.05, 0.1) is 13.1 Å². The highest BCUT2D eigenvalue weighted by Gasteiger charge is 2.15. The number of nitrogens with one attached hydrogen (secondary N) is 2. The number of hydrogen-bond donors (Lipinski definition) is 2. The largest absolute Gasteiger partial charge is 0.339 e. The molecule has 0 bridgehead atoms. The van der Waals surface area contributed by atoms with E-state index in [0.717, 1.165) is 28.6 Å². The number of aryl methyl sites for hydroxylation is 2. The fourth-order valence-corrected chi connectivity index (χ4v) is 4.48. The minimum Gasteiger partial charge on any atom is -0.339 e. The Kier molecular flexibility index (Phi) is 6.49. The van der Waals surface area contributed by atoms with E-state index in [0.29, 0.717) is 23.8 Å². The highest BCUT2D eigenvalue weighted by molar-refractivity contribution is 7.80. The molecule has 158 valence electrons. The molecule has 0 saturated heterocycles. The summed E-state index contributed by atoms with van der Waals surface area (Å²) >= 11 is 7.44. The highest BCUT2D eigenvalue weighted by atomic mass is 32.1. The van der Waals surface area contributed by atoms with Crippen molar-refractivity contribution in [1.29, 1.82) is 0 Å². The number of nitrogens with zero attached hydrogens (tertiary/aromatic N) is 1. The van der Waals surface area contributed by atoms with Crippen LogP contribution in [0.15, 0.2) is 70.8 Å². The van der Waals surface area contributed by atoms with Crippen LogP contribution in [0.4, 0.5) is 5.69 Å². The summed E-state index contributed by atoms with van der Waals surface area (Å²) in [6.07, 6.45) is 0.999. The van der Waals surface area contributed by atoms with E-state index in [1.807, 2.05) is 41.3 Å². The second-order valence-electron chi connectivity index (χ2n) is 7.63. The molecule has 0 aliphatic rings. The molecule has 6 heteroatoms. The lowest BCUT2D eigenvalue weighted by molar-refractivity contribution is 0.415. The van der Waals surface area contributed by atoms with Crippen molar-refractivity contribution in [3.63, 3.8) is 0 Å². The zero-order chi connectivity index (χ0) is 21.8. The number of thiophene rings is 1. The van der Waals surface area contributed by atoms with Gasteiger partial charge in [-0.15, -0.1) is 11.3 Å². The lowest BCUT2D eigenvalue weighted by atomic mass is 10.1. The summed E-state index contributed by atoms with van der Waals surface area (Å²) in [7, 11) is 0. The predicted molar refractivity (Wildman–Crippen MR) is 135 cm³/mol. The Bertz CT molecular complexity index is 1240. The van der Waals surface area contributed by atoms with Gasteiger partial charge in [0.2, 0.25) is 0 Å². The molecule has 0 aliphatic carbocycles. The van der Waals surface area contributed by atoms with Crippen molar-refractivity contribution < 1.29 is 0 Å². The van der Waals surface area contributed by atoms with E-state index in [1.54, 1.807) is 11.3 Å². The van der Waals surface area contributed by atoms with Gasteiger partial charge in [-0.3, -0.25) is 4.79 Å². The van der Waals surface area contributed by atoms with Crippen LogP contribution in [0.3, 0.4) is 0 Å². The first-order valence-corrected chi connectivity index (χ1v) is 11.6. The summed E-state index contributed by atoms with van der Waals surface area (Å²) in [5.74, 6) is 0. The number of aromatic nitrogens is 1. The van der Waals surface area contributed by atoms with Crippen LogP contribution >= 0.6 is 23.6 Å². The highest BCUT2D eigenvalue weighted by Crippen LogP contribution is 2.19. The summed E-state index contributed by atoms with van der Waals surface area (Å²) in [6.45, 7) is 5.26. The van der Waals surface area contributed by atoms with Crippen molar-refractivity contribution in [2.75, 3.05) is 5.32 Å². The first kappa shape index (κ1) is 21.3. The summed E-state index contributed by atoms with van der Waals surface area (Å²) in [6, 6.07) is 20.4. The summed E-state index contributed by atoms with van der Waals surface area (Å²) in [4.78, 5) is 19.0. The molecule has 2 aromatic heterocycles. The first-order chi connectivity index (χ1) is 15.0. The van der Waals surface area contributed by atoms with Crippen LogP contribution in [-0.4, -0.2) is 15.0 Å². The van der Waals surface area contributed by atoms with E-state index >= 15 is 0 Å². The van der Waals surface area contributed by atoms with E-state index in [2.05, 4.69) is 53.8 Å². The van der Waals surface area contributed by atoms with Crippen LogP contribution < -0.4 is 10.9 Å². The van der Waals surface area contributed by atoms with Gasteiger partial charge in [-0.1, -0.05) is 36.8 Å². The molecule has 0 atom stereocenters. The standard InChI is InChI=1S/C25H25N3OS2/c1-3-18-7-9-21(10-8-18)26-25(30)28(16-22-5-4-12-31-22)15-20-14-19-13-17(2)6-11-23(19)27-24(20)29/h4-14H,3,15-16H2,1-2H3,(H,26,30)(H,27,29). The van der Waals surface area contributed by atoms with E-state index in [1.165, 1.54) is 10.4 Å². The van der Waals surface area contributed by atoms with Gasteiger partial charge in [0.15, 0.2) is 5.11 Å². The van der Waals surface area contributed by atoms with E-state index in [-0.39, 0.29) is 5.56 Å². The Morgan fingerprint density at radius 1 is 1.10 bits per heavy atom. The Hall–Kier alpha value is -2.96. The zero-order valence-corrected chi connectivity index (χ0v) is 19.3. The molecule has 2 aromatic carbocycles. The molecule has 0 saturated carbocycles. The van der Waals surface area contributed by atoms with Gasteiger partial charge in [0.25, 0.3) is 5.56 Å². The van der Waals surface area contributed by atoms with Crippen molar-refractivity contribution in [3.05, 3.63) is 98.0 Å². The smallest absolute Gasteiger partial charge is 0.253 e. The Morgan fingerprint density at radius 2 is 1.90 bits per heavy atom. The number of benzene rings is 2. The van der Waals surface area contributed by atoms with Crippen molar-refractivity contribution in [1.82, 2.24) is 9.88 Å². The molecule has 4 nitrogen and oxygen atoms in total. The van der Waals surface area contributed by atoms with Crippen LogP contribution in [-0.2, 0) is 19.5 Å². The lowest BCUT2D eigenvalue weighted by Crippen LogP contribution is -2.35. The van der Waals surface area contributed by atoms with Gasteiger partial charge in [-0.2, -0.15) is 0 Å². The topological polar surface area (TPSA) is 48.1 Å².